The number of carbonyl (C=O) groups excluding carboxylic acids is 1. The number of amides is 1. The molecule has 0 saturated heterocycles. The summed E-state index contributed by atoms with van der Waals surface area (Å²) in [6, 6.07) is 8.11. The number of benzene rings is 1. The number of carbonyl (C=O) groups is 1. The second-order valence-corrected chi connectivity index (χ2v) is 4.86. The monoisotopic (exact) mass is 231 g/mol. The Labute approximate surface area is 101 Å². The zero-order chi connectivity index (χ0) is 11.7. The summed E-state index contributed by atoms with van der Waals surface area (Å²) in [5.74, 6) is 1.39. The number of nitrogens with one attached hydrogen (secondary N) is 1. The molecule has 1 aromatic rings. The average molecular weight is 231 g/mol. The molecule has 1 aromatic carbocycles. The van der Waals surface area contributed by atoms with Crippen molar-refractivity contribution in [3.63, 3.8) is 0 Å². The molecule has 0 spiro atoms. The minimum atomic E-state index is 0.132. The first-order valence-corrected chi connectivity index (χ1v) is 6.37. The van der Waals surface area contributed by atoms with Crippen molar-refractivity contribution >= 4 is 5.91 Å². The highest BCUT2D eigenvalue weighted by Gasteiger charge is 2.29. The summed E-state index contributed by atoms with van der Waals surface area (Å²) in [4.78, 5) is 12.0. The first-order chi connectivity index (χ1) is 8.34. The molecule has 1 heterocycles. The quantitative estimate of drug-likeness (QED) is 0.849. The maximum absolute atomic E-state index is 12.0. The summed E-state index contributed by atoms with van der Waals surface area (Å²) < 4.78 is 5.58. The number of fused-ring (bicyclic) bond motifs is 1. The van der Waals surface area contributed by atoms with Crippen LogP contribution < -0.4 is 10.1 Å². The van der Waals surface area contributed by atoms with Crippen LogP contribution in [0.2, 0.25) is 0 Å². The smallest absolute Gasteiger partial charge is 0.223 e. The Morgan fingerprint density at radius 3 is 2.82 bits per heavy atom. The van der Waals surface area contributed by atoms with Gasteiger partial charge in [0.05, 0.1) is 12.6 Å². The third-order valence-corrected chi connectivity index (χ3v) is 3.75. The second kappa shape index (κ2) is 4.40. The summed E-state index contributed by atoms with van der Waals surface area (Å²) in [5.41, 5.74) is 1.12. The van der Waals surface area contributed by atoms with Crippen LogP contribution in [0.4, 0.5) is 0 Å². The number of rotatable bonds is 2. The maximum atomic E-state index is 12.0. The van der Waals surface area contributed by atoms with Gasteiger partial charge in [-0.3, -0.25) is 4.79 Å². The molecule has 1 fully saturated rings. The second-order valence-electron chi connectivity index (χ2n) is 4.86. The van der Waals surface area contributed by atoms with Crippen LogP contribution in [0, 0.1) is 5.92 Å². The van der Waals surface area contributed by atoms with E-state index in [1.54, 1.807) is 0 Å². The molecule has 90 valence electrons. The molecule has 3 nitrogen and oxygen atoms in total. The van der Waals surface area contributed by atoms with E-state index in [4.69, 9.17) is 4.74 Å². The van der Waals surface area contributed by atoms with Crippen molar-refractivity contribution in [2.75, 3.05) is 6.61 Å². The van der Waals surface area contributed by atoms with E-state index < -0.39 is 0 Å². The summed E-state index contributed by atoms with van der Waals surface area (Å²) >= 11 is 0. The standard InChI is InChI=1S/C14H17NO2/c16-14(10-4-3-5-10)15-12-8-9-17-13-7-2-1-6-11(12)13/h1-2,6-7,10,12H,3-5,8-9H2,(H,15,16). The number of hydrogen-bond acceptors (Lipinski definition) is 2. The Kier molecular flexibility index (Phi) is 2.75. The van der Waals surface area contributed by atoms with E-state index in [1.165, 1.54) is 6.42 Å². The van der Waals surface area contributed by atoms with Crippen LogP contribution in [0.1, 0.15) is 37.3 Å². The molecular formula is C14H17NO2. The Hall–Kier alpha value is -1.51. The topological polar surface area (TPSA) is 38.3 Å². The van der Waals surface area contributed by atoms with Crippen molar-refractivity contribution in [3.8, 4) is 5.75 Å². The predicted molar refractivity (Wildman–Crippen MR) is 64.8 cm³/mol. The van der Waals surface area contributed by atoms with E-state index >= 15 is 0 Å². The molecule has 0 aromatic heterocycles. The van der Waals surface area contributed by atoms with Gasteiger partial charge in [-0.1, -0.05) is 24.6 Å². The molecule has 1 aliphatic carbocycles. The Morgan fingerprint density at radius 2 is 2.06 bits per heavy atom. The number of para-hydroxylation sites is 1. The molecule has 17 heavy (non-hydrogen) atoms. The Balaban J connectivity index is 1.73. The van der Waals surface area contributed by atoms with Gasteiger partial charge in [-0.15, -0.1) is 0 Å². The van der Waals surface area contributed by atoms with Gasteiger partial charge in [-0.05, 0) is 18.9 Å². The lowest BCUT2D eigenvalue weighted by atomic mass is 9.84. The molecule has 1 unspecified atom stereocenters. The fourth-order valence-electron chi connectivity index (χ4n) is 2.45. The minimum Gasteiger partial charge on any atom is -0.493 e. The van der Waals surface area contributed by atoms with Gasteiger partial charge >= 0.3 is 0 Å². The predicted octanol–water partition coefficient (Wildman–Crippen LogP) is 2.43. The summed E-state index contributed by atoms with van der Waals surface area (Å²) in [6.45, 7) is 0.687. The lowest BCUT2D eigenvalue weighted by Gasteiger charge is -2.30. The van der Waals surface area contributed by atoms with Crippen LogP contribution in [0.15, 0.2) is 24.3 Å². The van der Waals surface area contributed by atoms with Crippen LogP contribution in [0.5, 0.6) is 5.75 Å². The van der Waals surface area contributed by atoms with Gasteiger partial charge in [0.1, 0.15) is 5.75 Å². The molecule has 3 rings (SSSR count). The van der Waals surface area contributed by atoms with E-state index in [0.29, 0.717) is 6.61 Å². The Bertz CT molecular complexity index is 426. The molecule has 1 N–H and O–H groups in total. The summed E-state index contributed by atoms with van der Waals surface area (Å²) in [7, 11) is 0. The minimum absolute atomic E-state index is 0.132. The first kappa shape index (κ1) is 10.6. The van der Waals surface area contributed by atoms with E-state index in [9.17, 15) is 4.79 Å². The van der Waals surface area contributed by atoms with Crippen molar-refractivity contribution in [3.05, 3.63) is 29.8 Å². The van der Waals surface area contributed by atoms with Crippen LogP contribution >= 0.6 is 0 Å². The van der Waals surface area contributed by atoms with Gasteiger partial charge in [0, 0.05) is 17.9 Å². The normalized spacial score (nSPS) is 23.2. The van der Waals surface area contributed by atoms with Crippen molar-refractivity contribution < 1.29 is 9.53 Å². The molecule has 0 bridgehead atoms. The van der Waals surface area contributed by atoms with E-state index in [1.807, 2.05) is 24.3 Å². The van der Waals surface area contributed by atoms with Crippen molar-refractivity contribution in [2.24, 2.45) is 5.92 Å². The van der Waals surface area contributed by atoms with Gasteiger partial charge in [-0.2, -0.15) is 0 Å². The molecule has 2 aliphatic rings. The van der Waals surface area contributed by atoms with Gasteiger partial charge in [0.25, 0.3) is 0 Å². The average Bonchev–Trinajstić information content (AvgIpc) is 2.27. The van der Waals surface area contributed by atoms with Gasteiger partial charge < -0.3 is 10.1 Å². The fraction of sp³-hybridized carbons (Fsp3) is 0.500. The van der Waals surface area contributed by atoms with Crippen LogP contribution in [0.3, 0.4) is 0 Å². The first-order valence-electron chi connectivity index (χ1n) is 6.37. The number of hydrogen-bond donors (Lipinski definition) is 1. The number of ether oxygens (including phenoxy) is 1. The van der Waals surface area contributed by atoms with E-state index in [-0.39, 0.29) is 17.9 Å². The van der Waals surface area contributed by atoms with Gasteiger partial charge in [-0.25, -0.2) is 0 Å². The summed E-state index contributed by atoms with van der Waals surface area (Å²) in [6.07, 6.45) is 4.17. The molecule has 3 heteroatoms. The van der Waals surface area contributed by atoms with Gasteiger partial charge in [0.2, 0.25) is 5.91 Å². The Morgan fingerprint density at radius 1 is 1.24 bits per heavy atom. The van der Waals surface area contributed by atoms with Crippen LogP contribution in [0.25, 0.3) is 0 Å². The lowest BCUT2D eigenvalue weighted by Crippen LogP contribution is -2.38. The highest BCUT2D eigenvalue weighted by Crippen LogP contribution is 2.33. The van der Waals surface area contributed by atoms with Crippen LogP contribution in [-0.2, 0) is 4.79 Å². The van der Waals surface area contributed by atoms with E-state index in [0.717, 1.165) is 30.6 Å². The highest BCUT2D eigenvalue weighted by atomic mass is 16.5. The largest absolute Gasteiger partial charge is 0.493 e. The molecule has 1 aliphatic heterocycles. The molecule has 0 radical (unpaired) electrons. The highest BCUT2D eigenvalue weighted by molar-refractivity contribution is 5.80. The summed E-state index contributed by atoms with van der Waals surface area (Å²) in [5, 5.41) is 3.16. The van der Waals surface area contributed by atoms with Crippen molar-refractivity contribution in [2.45, 2.75) is 31.7 Å². The fourth-order valence-corrected chi connectivity index (χ4v) is 2.45. The third-order valence-electron chi connectivity index (χ3n) is 3.75. The maximum Gasteiger partial charge on any atom is 0.223 e. The van der Waals surface area contributed by atoms with E-state index in [2.05, 4.69) is 5.32 Å². The molecule has 1 saturated carbocycles. The molecular weight excluding hydrogens is 214 g/mol. The lowest BCUT2D eigenvalue weighted by molar-refractivity contribution is -0.128. The zero-order valence-corrected chi connectivity index (χ0v) is 9.82. The van der Waals surface area contributed by atoms with Gasteiger partial charge in [0.15, 0.2) is 0 Å². The van der Waals surface area contributed by atoms with Crippen molar-refractivity contribution in [1.29, 1.82) is 0 Å². The van der Waals surface area contributed by atoms with Crippen molar-refractivity contribution in [1.82, 2.24) is 5.32 Å². The third kappa shape index (κ3) is 2.02. The molecule has 1 amide bonds. The zero-order valence-electron chi connectivity index (χ0n) is 9.82. The van der Waals surface area contributed by atoms with Crippen LogP contribution in [-0.4, -0.2) is 12.5 Å². The molecule has 1 atom stereocenters. The SMILES string of the molecule is O=C(NC1CCOc2ccccc21)C1CCC1.